The summed E-state index contributed by atoms with van der Waals surface area (Å²) in [6, 6.07) is 0. The molecule has 15 heavy (non-hydrogen) atoms. The van der Waals surface area contributed by atoms with Crippen LogP contribution in [0.15, 0.2) is 6.20 Å². The summed E-state index contributed by atoms with van der Waals surface area (Å²) in [6.07, 6.45) is -2.60. The number of nitrogens with two attached hydrogens (primary N) is 1. The van der Waals surface area contributed by atoms with Crippen molar-refractivity contribution < 1.29 is 18.1 Å². The van der Waals surface area contributed by atoms with Gasteiger partial charge in [-0.15, -0.1) is 0 Å². The standard InChI is InChI=1S/C7H6F3N3O2/c8-5-3(7(9)10)2-12-4(1-11)6(5)13(14)15/h2,7H,1,11H2. The summed E-state index contributed by atoms with van der Waals surface area (Å²) in [6.45, 7) is -0.392. The van der Waals surface area contributed by atoms with Gasteiger partial charge in [-0.3, -0.25) is 15.1 Å². The summed E-state index contributed by atoms with van der Waals surface area (Å²) in [5.74, 6) is -1.58. The molecular formula is C7H6F3N3O2. The van der Waals surface area contributed by atoms with Crippen molar-refractivity contribution in [3.05, 3.63) is 33.4 Å². The molecule has 1 aromatic heterocycles. The Balaban J connectivity index is 3.42. The smallest absolute Gasteiger partial charge is 0.325 e. The molecule has 0 unspecified atom stereocenters. The molecular weight excluding hydrogens is 215 g/mol. The van der Waals surface area contributed by atoms with E-state index in [0.717, 1.165) is 0 Å². The van der Waals surface area contributed by atoms with Crippen LogP contribution in [0, 0.1) is 15.9 Å². The Morgan fingerprint density at radius 1 is 1.60 bits per heavy atom. The minimum atomic E-state index is -3.15. The first-order valence-electron chi connectivity index (χ1n) is 3.79. The van der Waals surface area contributed by atoms with Crippen LogP contribution in [-0.4, -0.2) is 9.91 Å². The van der Waals surface area contributed by atoms with Crippen LogP contribution in [0.2, 0.25) is 0 Å². The number of alkyl halides is 2. The molecule has 0 atom stereocenters. The van der Waals surface area contributed by atoms with E-state index >= 15 is 0 Å². The molecule has 0 spiro atoms. The largest absolute Gasteiger partial charge is 0.327 e. The van der Waals surface area contributed by atoms with Crippen LogP contribution < -0.4 is 5.73 Å². The van der Waals surface area contributed by atoms with Gasteiger partial charge < -0.3 is 5.73 Å². The zero-order chi connectivity index (χ0) is 11.6. The fraction of sp³-hybridized carbons (Fsp3) is 0.286. The van der Waals surface area contributed by atoms with Gasteiger partial charge in [-0.1, -0.05) is 0 Å². The molecule has 1 heterocycles. The molecule has 0 saturated carbocycles. The first-order chi connectivity index (χ1) is 6.99. The molecule has 0 aliphatic carbocycles. The highest BCUT2D eigenvalue weighted by atomic mass is 19.3. The predicted molar refractivity (Wildman–Crippen MR) is 43.7 cm³/mol. The average Bonchev–Trinajstić information content (AvgIpc) is 2.15. The number of rotatable bonds is 3. The van der Waals surface area contributed by atoms with Crippen LogP contribution in [0.25, 0.3) is 0 Å². The predicted octanol–water partition coefficient (Wildman–Crippen LogP) is 1.53. The Kier molecular flexibility index (Phi) is 3.20. The second-order valence-corrected chi connectivity index (χ2v) is 2.58. The van der Waals surface area contributed by atoms with Crippen LogP contribution in [0.5, 0.6) is 0 Å². The van der Waals surface area contributed by atoms with Crippen molar-refractivity contribution in [3.63, 3.8) is 0 Å². The summed E-state index contributed by atoms with van der Waals surface area (Å²) in [7, 11) is 0. The van der Waals surface area contributed by atoms with Gasteiger partial charge >= 0.3 is 5.69 Å². The first-order valence-corrected chi connectivity index (χ1v) is 3.79. The maximum Gasteiger partial charge on any atom is 0.327 e. The number of nitrogens with zero attached hydrogens (tertiary/aromatic N) is 2. The monoisotopic (exact) mass is 221 g/mol. The molecule has 0 saturated heterocycles. The molecule has 0 aromatic carbocycles. The van der Waals surface area contributed by atoms with E-state index in [1.807, 2.05) is 0 Å². The summed E-state index contributed by atoms with van der Waals surface area (Å²) in [4.78, 5) is 12.6. The Labute approximate surface area is 81.9 Å². The minimum Gasteiger partial charge on any atom is -0.325 e. The average molecular weight is 221 g/mol. The van der Waals surface area contributed by atoms with Crippen molar-refractivity contribution in [1.29, 1.82) is 0 Å². The van der Waals surface area contributed by atoms with Crippen LogP contribution in [0.4, 0.5) is 18.9 Å². The van der Waals surface area contributed by atoms with Crippen molar-refractivity contribution in [2.24, 2.45) is 5.73 Å². The van der Waals surface area contributed by atoms with E-state index in [0.29, 0.717) is 6.20 Å². The van der Waals surface area contributed by atoms with Gasteiger partial charge in [0.1, 0.15) is 5.69 Å². The highest BCUT2D eigenvalue weighted by Gasteiger charge is 2.27. The van der Waals surface area contributed by atoms with Gasteiger partial charge in [-0.2, -0.15) is 4.39 Å². The molecule has 0 amide bonds. The fourth-order valence-electron chi connectivity index (χ4n) is 1.02. The molecule has 0 aliphatic heterocycles. The lowest BCUT2D eigenvalue weighted by Gasteiger charge is -2.04. The van der Waals surface area contributed by atoms with Crippen molar-refractivity contribution in [2.45, 2.75) is 13.0 Å². The van der Waals surface area contributed by atoms with Gasteiger partial charge in [-0.05, 0) is 0 Å². The summed E-state index contributed by atoms with van der Waals surface area (Å²) >= 11 is 0. The van der Waals surface area contributed by atoms with E-state index in [-0.39, 0.29) is 5.69 Å². The first kappa shape index (κ1) is 11.4. The number of nitro groups is 1. The topological polar surface area (TPSA) is 82.0 Å². The van der Waals surface area contributed by atoms with E-state index in [2.05, 4.69) is 4.98 Å². The molecule has 2 N–H and O–H groups in total. The molecule has 0 aliphatic rings. The number of halogens is 3. The number of pyridine rings is 1. The third-order valence-corrected chi connectivity index (χ3v) is 1.71. The SMILES string of the molecule is NCc1ncc(C(F)F)c(F)c1[N+](=O)[O-]. The Morgan fingerprint density at radius 3 is 2.60 bits per heavy atom. The number of hydrogen-bond donors (Lipinski definition) is 1. The molecule has 82 valence electrons. The third kappa shape index (κ3) is 2.04. The van der Waals surface area contributed by atoms with E-state index < -0.39 is 35.0 Å². The molecule has 0 fully saturated rings. The summed E-state index contributed by atoms with van der Waals surface area (Å²) < 4.78 is 37.6. The number of aromatic nitrogens is 1. The van der Waals surface area contributed by atoms with Gasteiger partial charge in [0.2, 0.25) is 5.82 Å². The van der Waals surface area contributed by atoms with E-state index in [4.69, 9.17) is 5.73 Å². The fourth-order valence-corrected chi connectivity index (χ4v) is 1.02. The van der Waals surface area contributed by atoms with Crippen molar-refractivity contribution in [1.82, 2.24) is 4.98 Å². The molecule has 0 bridgehead atoms. The lowest BCUT2D eigenvalue weighted by Crippen LogP contribution is -2.09. The van der Waals surface area contributed by atoms with Crippen molar-refractivity contribution in [3.8, 4) is 0 Å². The quantitative estimate of drug-likeness (QED) is 0.619. The Morgan fingerprint density at radius 2 is 2.20 bits per heavy atom. The molecule has 8 heteroatoms. The van der Waals surface area contributed by atoms with E-state index in [9.17, 15) is 23.3 Å². The highest BCUT2D eigenvalue weighted by Crippen LogP contribution is 2.29. The maximum absolute atomic E-state index is 13.2. The zero-order valence-electron chi connectivity index (χ0n) is 7.28. The highest BCUT2D eigenvalue weighted by molar-refractivity contribution is 5.40. The molecule has 1 rings (SSSR count). The molecule has 1 aromatic rings. The van der Waals surface area contributed by atoms with Crippen LogP contribution in [-0.2, 0) is 6.54 Å². The minimum absolute atomic E-state index is 0.359. The normalized spacial score (nSPS) is 10.7. The second-order valence-electron chi connectivity index (χ2n) is 2.58. The van der Waals surface area contributed by atoms with Gasteiger partial charge in [-0.25, -0.2) is 8.78 Å². The number of hydrogen-bond acceptors (Lipinski definition) is 4. The Hall–Kier alpha value is -1.70. The second kappa shape index (κ2) is 4.22. The maximum atomic E-state index is 13.2. The van der Waals surface area contributed by atoms with Crippen molar-refractivity contribution >= 4 is 5.69 Å². The van der Waals surface area contributed by atoms with Gasteiger partial charge in [0, 0.05) is 12.7 Å². The van der Waals surface area contributed by atoms with E-state index in [1.54, 1.807) is 0 Å². The third-order valence-electron chi connectivity index (χ3n) is 1.71. The van der Waals surface area contributed by atoms with Gasteiger partial charge in [0.15, 0.2) is 0 Å². The van der Waals surface area contributed by atoms with Crippen LogP contribution in [0.1, 0.15) is 17.7 Å². The molecule has 0 radical (unpaired) electrons. The van der Waals surface area contributed by atoms with Gasteiger partial charge in [0.25, 0.3) is 6.43 Å². The lowest BCUT2D eigenvalue weighted by molar-refractivity contribution is -0.388. The van der Waals surface area contributed by atoms with Gasteiger partial charge in [0.05, 0.1) is 10.5 Å². The van der Waals surface area contributed by atoms with Crippen molar-refractivity contribution in [2.75, 3.05) is 0 Å². The van der Waals surface area contributed by atoms with Crippen LogP contribution >= 0.6 is 0 Å². The van der Waals surface area contributed by atoms with E-state index in [1.165, 1.54) is 0 Å². The summed E-state index contributed by atoms with van der Waals surface area (Å²) in [5, 5.41) is 10.4. The summed E-state index contributed by atoms with van der Waals surface area (Å²) in [5.41, 5.74) is 2.52. The molecule has 5 nitrogen and oxygen atoms in total. The zero-order valence-corrected chi connectivity index (χ0v) is 7.28. The Bertz CT molecular complexity index is 397. The van der Waals surface area contributed by atoms with Crippen LogP contribution in [0.3, 0.4) is 0 Å². The lowest BCUT2D eigenvalue weighted by atomic mass is 10.2.